The summed E-state index contributed by atoms with van der Waals surface area (Å²) in [7, 11) is 0. The van der Waals surface area contributed by atoms with Crippen molar-refractivity contribution < 1.29 is 9.47 Å². The topological polar surface area (TPSA) is 61.2 Å². The van der Waals surface area contributed by atoms with Crippen LogP contribution in [0, 0.1) is 0 Å². The third kappa shape index (κ3) is 3.74. The molecule has 29 heavy (non-hydrogen) atoms. The Balaban J connectivity index is 1.43. The molecule has 1 spiro atoms. The summed E-state index contributed by atoms with van der Waals surface area (Å²) in [6.07, 6.45) is 8.36. The zero-order chi connectivity index (χ0) is 20.1. The van der Waals surface area contributed by atoms with Crippen molar-refractivity contribution >= 4 is 10.9 Å². The molecule has 3 aromatic heterocycles. The van der Waals surface area contributed by atoms with Crippen molar-refractivity contribution in [3.63, 3.8) is 0 Å². The molecule has 6 nitrogen and oxygen atoms in total. The molecule has 0 radical (unpaired) electrons. The fourth-order valence-electron chi connectivity index (χ4n) is 3.86. The van der Waals surface area contributed by atoms with Gasteiger partial charge in [0.1, 0.15) is 12.7 Å². The summed E-state index contributed by atoms with van der Waals surface area (Å²) in [6.45, 7) is 8.81. The lowest BCUT2D eigenvalue weighted by Gasteiger charge is -2.30. The number of hydrogen-bond acceptors (Lipinski definition) is 5. The van der Waals surface area contributed by atoms with E-state index in [1.807, 2.05) is 18.2 Å². The smallest absolute Gasteiger partial charge is 0.223 e. The van der Waals surface area contributed by atoms with Gasteiger partial charge in [0.2, 0.25) is 5.88 Å². The van der Waals surface area contributed by atoms with Crippen LogP contribution in [-0.2, 0) is 10.3 Å². The number of rotatable bonds is 4. The van der Waals surface area contributed by atoms with Crippen LogP contribution >= 0.6 is 0 Å². The molecule has 0 bridgehead atoms. The van der Waals surface area contributed by atoms with Gasteiger partial charge in [0.25, 0.3) is 0 Å². The third-order valence-corrected chi connectivity index (χ3v) is 5.78. The third-order valence-electron chi connectivity index (χ3n) is 5.78. The predicted octanol–water partition coefficient (Wildman–Crippen LogP) is 3.75. The van der Waals surface area contributed by atoms with Crippen molar-refractivity contribution in [3.05, 3.63) is 42.9 Å². The molecule has 0 unspecified atom stereocenters. The summed E-state index contributed by atoms with van der Waals surface area (Å²) < 4.78 is 14.6. The molecule has 3 aromatic rings. The van der Waals surface area contributed by atoms with Crippen molar-refractivity contribution in [3.8, 4) is 17.1 Å². The average Bonchev–Trinajstić information content (AvgIpc) is 3.24. The molecule has 1 aliphatic carbocycles. The van der Waals surface area contributed by atoms with Gasteiger partial charge in [0.05, 0.1) is 22.2 Å². The molecule has 5 rings (SSSR count). The van der Waals surface area contributed by atoms with Gasteiger partial charge in [-0.1, -0.05) is 0 Å². The van der Waals surface area contributed by atoms with Gasteiger partial charge in [-0.2, -0.15) is 0 Å². The molecule has 4 heterocycles. The Kier molecular flexibility index (Phi) is 4.37. The van der Waals surface area contributed by atoms with Crippen LogP contribution in [0.4, 0.5) is 0 Å². The molecule has 1 aliphatic heterocycles. The van der Waals surface area contributed by atoms with Gasteiger partial charge in [0.15, 0.2) is 0 Å². The van der Waals surface area contributed by atoms with Crippen LogP contribution in [0.2, 0.25) is 0 Å². The lowest BCUT2D eigenvalue weighted by molar-refractivity contribution is -0.0716. The molecule has 0 amide bonds. The van der Waals surface area contributed by atoms with Crippen LogP contribution in [-0.4, -0.2) is 45.9 Å². The van der Waals surface area contributed by atoms with Crippen LogP contribution in [0.15, 0.2) is 42.9 Å². The van der Waals surface area contributed by atoms with Crippen LogP contribution in [0.25, 0.3) is 22.2 Å². The highest BCUT2D eigenvalue weighted by molar-refractivity contribution is 5.86. The van der Waals surface area contributed by atoms with Crippen LogP contribution in [0.1, 0.15) is 33.6 Å². The summed E-state index contributed by atoms with van der Waals surface area (Å²) in [5.41, 5.74) is 2.90. The van der Waals surface area contributed by atoms with Gasteiger partial charge in [-0.05, 0) is 57.9 Å². The minimum Gasteiger partial charge on any atom is -0.474 e. The maximum Gasteiger partial charge on any atom is 0.223 e. The second-order valence-corrected chi connectivity index (χ2v) is 9.23. The van der Waals surface area contributed by atoms with Gasteiger partial charge in [-0.25, -0.2) is 4.98 Å². The van der Waals surface area contributed by atoms with E-state index in [0.29, 0.717) is 12.5 Å². The summed E-state index contributed by atoms with van der Waals surface area (Å²) in [5, 5.41) is 4.40. The van der Waals surface area contributed by atoms with Crippen molar-refractivity contribution in [2.45, 2.75) is 50.9 Å². The van der Waals surface area contributed by atoms with E-state index in [4.69, 9.17) is 14.5 Å². The summed E-state index contributed by atoms with van der Waals surface area (Å²) in [5.74, 6) is 0.619. The number of nitrogens with one attached hydrogen (secondary N) is 1. The van der Waals surface area contributed by atoms with E-state index < -0.39 is 0 Å². The van der Waals surface area contributed by atoms with Crippen LogP contribution in [0.5, 0.6) is 5.88 Å². The number of ether oxygens (including phenoxy) is 2. The molecule has 152 valence electrons. The second-order valence-electron chi connectivity index (χ2n) is 9.23. The number of hydrogen-bond donors (Lipinski definition) is 1. The van der Waals surface area contributed by atoms with Crippen molar-refractivity contribution in [1.29, 1.82) is 0 Å². The molecule has 6 heteroatoms. The zero-order valence-corrected chi connectivity index (χ0v) is 17.3. The lowest BCUT2D eigenvalue weighted by Crippen LogP contribution is -2.48. The minimum atomic E-state index is 0.0246. The van der Waals surface area contributed by atoms with Gasteiger partial charge >= 0.3 is 0 Å². The number of aromatic nitrogens is 3. The lowest BCUT2D eigenvalue weighted by atomic mass is 10.1. The van der Waals surface area contributed by atoms with E-state index in [1.54, 1.807) is 6.20 Å². The molecule has 2 aliphatic rings. The minimum absolute atomic E-state index is 0.0246. The van der Waals surface area contributed by atoms with Gasteiger partial charge in [-0.15, -0.1) is 0 Å². The normalized spacial score (nSPS) is 20.9. The zero-order valence-electron chi connectivity index (χ0n) is 17.3. The first-order valence-electron chi connectivity index (χ1n) is 10.4. The monoisotopic (exact) mass is 392 g/mol. The molecule has 1 atom stereocenters. The molecule has 2 fully saturated rings. The van der Waals surface area contributed by atoms with E-state index in [9.17, 15) is 0 Å². The predicted molar refractivity (Wildman–Crippen MR) is 113 cm³/mol. The van der Waals surface area contributed by atoms with Gasteiger partial charge in [-0.3, -0.25) is 4.98 Å². The Morgan fingerprint density at radius 3 is 2.93 bits per heavy atom. The second kappa shape index (κ2) is 6.82. The van der Waals surface area contributed by atoms with E-state index in [-0.39, 0.29) is 17.2 Å². The highest BCUT2D eigenvalue weighted by atomic mass is 16.6. The summed E-state index contributed by atoms with van der Waals surface area (Å²) in [4.78, 5) is 9.39. The van der Waals surface area contributed by atoms with Crippen LogP contribution in [0.3, 0.4) is 0 Å². The number of nitrogens with zero attached hydrogens (tertiary/aromatic N) is 3. The summed E-state index contributed by atoms with van der Waals surface area (Å²) in [6, 6.07) is 8.06. The standard InChI is InChI=1S/C23H28N4O2/c1-22(2,3)27-10-6-16(13-27)19-11-20-18(5-4-9-25-20)21(26-19)28-14-17-12-24-15-23(29-17)7-8-23/h4-6,9-11,13,17,24H,7-8,12,14-15H2,1-3H3/t17-/m0/s1. The Morgan fingerprint density at radius 1 is 1.31 bits per heavy atom. The van der Waals surface area contributed by atoms with Crippen molar-refractivity contribution in [2.24, 2.45) is 0 Å². The Labute approximate surface area is 171 Å². The number of morpholine rings is 1. The van der Waals surface area contributed by atoms with E-state index in [1.165, 1.54) is 0 Å². The molecular weight excluding hydrogens is 364 g/mol. The first kappa shape index (κ1) is 18.6. The quantitative estimate of drug-likeness (QED) is 0.733. The highest BCUT2D eigenvalue weighted by Crippen LogP contribution is 2.41. The SMILES string of the molecule is CC(C)(C)n1ccc(-c2cc3ncccc3c(OC[C@@H]3CNCC4(CC4)O3)n2)c1. The van der Waals surface area contributed by atoms with Crippen molar-refractivity contribution in [1.82, 2.24) is 19.9 Å². The fraction of sp³-hybridized carbons (Fsp3) is 0.478. The Morgan fingerprint density at radius 2 is 2.17 bits per heavy atom. The Bertz CT molecular complexity index is 1030. The van der Waals surface area contributed by atoms with E-state index in [2.05, 4.69) is 54.1 Å². The van der Waals surface area contributed by atoms with Crippen molar-refractivity contribution in [2.75, 3.05) is 19.7 Å². The van der Waals surface area contributed by atoms with E-state index >= 15 is 0 Å². The molecule has 1 saturated heterocycles. The van der Waals surface area contributed by atoms with Gasteiger partial charge in [0, 0.05) is 42.8 Å². The molecule has 0 aromatic carbocycles. The fourth-order valence-corrected chi connectivity index (χ4v) is 3.86. The van der Waals surface area contributed by atoms with Gasteiger partial charge < -0.3 is 19.4 Å². The Hall–Kier alpha value is -2.44. The maximum atomic E-state index is 6.24. The van der Waals surface area contributed by atoms with E-state index in [0.717, 1.165) is 48.1 Å². The first-order valence-corrected chi connectivity index (χ1v) is 10.4. The first-order chi connectivity index (χ1) is 13.9. The number of fused-ring (bicyclic) bond motifs is 1. The highest BCUT2D eigenvalue weighted by Gasteiger charge is 2.47. The molecular formula is C23H28N4O2. The maximum absolute atomic E-state index is 6.24. The molecule has 1 N–H and O–H groups in total. The van der Waals surface area contributed by atoms with Crippen LogP contribution < -0.4 is 10.1 Å². The molecule has 1 saturated carbocycles. The average molecular weight is 393 g/mol. The number of pyridine rings is 2. The summed E-state index contributed by atoms with van der Waals surface area (Å²) >= 11 is 0. The largest absolute Gasteiger partial charge is 0.474 e.